The van der Waals surface area contributed by atoms with Gasteiger partial charge in [-0.3, -0.25) is 4.79 Å². The molecule has 0 N–H and O–H groups in total. The van der Waals surface area contributed by atoms with Crippen molar-refractivity contribution in [1.29, 1.82) is 0 Å². The number of ether oxygens (including phenoxy) is 2. The summed E-state index contributed by atoms with van der Waals surface area (Å²) in [7, 11) is 3.54. The van der Waals surface area contributed by atoms with Crippen molar-refractivity contribution in [3.63, 3.8) is 0 Å². The molecule has 0 unspecified atom stereocenters. The Kier molecular flexibility index (Phi) is 7.83. The van der Waals surface area contributed by atoms with Crippen molar-refractivity contribution in [2.45, 2.75) is 19.1 Å². The number of carbonyl (C=O) groups is 1. The van der Waals surface area contributed by atoms with Crippen LogP contribution in [0.1, 0.15) is 17.0 Å². The standard InChI is InChI=1S/C21H29N3O4S/c1-16-19(22-21(28-16)24-10-8-23(2)9-11-24)7-12-27-18-6-4-5-17(13-18)14-29-15-20(25)26-3/h4-6,13H,7-12,14-15H2,1-3H3. The number of anilines is 1. The molecule has 158 valence electrons. The SMILES string of the molecule is COC(=O)CSCc1cccc(OCCc2nc(N3CCN(C)CC3)oc2C)c1. The second-order valence-electron chi connectivity index (χ2n) is 7.10. The normalized spacial score (nSPS) is 14.8. The van der Waals surface area contributed by atoms with Crippen LogP contribution in [-0.4, -0.2) is 68.5 Å². The van der Waals surface area contributed by atoms with Gasteiger partial charge in [0.25, 0.3) is 6.01 Å². The first-order chi connectivity index (χ1) is 14.0. The average Bonchev–Trinajstić information content (AvgIpc) is 3.09. The van der Waals surface area contributed by atoms with Crippen LogP contribution < -0.4 is 9.64 Å². The Hall–Kier alpha value is -2.19. The number of oxazole rings is 1. The van der Waals surface area contributed by atoms with Crippen molar-refractivity contribution >= 4 is 23.7 Å². The molecular formula is C21H29N3O4S. The van der Waals surface area contributed by atoms with Crippen LogP contribution in [0.25, 0.3) is 0 Å². The van der Waals surface area contributed by atoms with E-state index in [2.05, 4.69) is 26.6 Å². The zero-order chi connectivity index (χ0) is 20.6. The molecule has 0 bridgehead atoms. The first-order valence-electron chi connectivity index (χ1n) is 9.81. The molecule has 0 amide bonds. The minimum atomic E-state index is -0.207. The Morgan fingerprint density at radius 2 is 2.07 bits per heavy atom. The van der Waals surface area contributed by atoms with E-state index >= 15 is 0 Å². The number of hydrogen-bond donors (Lipinski definition) is 0. The van der Waals surface area contributed by atoms with E-state index in [1.165, 1.54) is 18.9 Å². The minimum absolute atomic E-state index is 0.207. The summed E-state index contributed by atoms with van der Waals surface area (Å²) < 4.78 is 16.5. The maximum atomic E-state index is 11.2. The van der Waals surface area contributed by atoms with Gasteiger partial charge in [-0.05, 0) is 31.7 Å². The van der Waals surface area contributed by atoms with Crippen LogP contribution in [0.3, 0.4) is 0 Å². The summed E-state index contributed by atoms with van der Waals surface area (Å²) in [5.41, 5.74) is 2.06. The summed E-state index contributed by atoms with van der Waals surface area (Å²) >= 11 is 1.53. The van der Waals surface area contributed by atoms with Crippen LogP contribution in [0.4, 0.5) is 6.01 Å². The highest BCUT2D eigenvalue weighted by molar-refractivity contribution is 7.99. The van der Waals surface area contributed by atoms with E-state index in [4.69, 9.17) is 9.15 Å². The number of nitrogens with zero attached hydrogens (tertiary/aromatic N) is 3. The highest BCUT2D eigenvalue weighted by Crippen LogP contribution is 2.21. The number of likely N-dealkylation sites (N-methyl/N-ethyl adjacent to an activating group) is 1. The van der Waals surface area contributed by atoms with E-state index in [1.54, 1.807) is 0 Å². The molecule has 7 nitrogen and oxygen atoms in total. The lowest BCUT2D eigenvalue weighted by Crippen LogP contribution is -2.44. The number of aromatic nitrogens is 1. The molecule has 1 aromatic heterocycles. The highest BCUT2D eigenvalue weighted by Gasteiger charge is 2.20. The summed E-state index contributed by atoms with van der Waals surface area (Å²) in [5.74, 6) is 2.56. The number of carbonyl (C=O) groups excluding carboxylic acids is 1. The van der Waals surface area contributed by atoms with Crippen LogP contribution in [0.2, 0.25) is 0 Å². The number of piperazine rings is 1. The third kappa shape index (κ3) is 6.40. The molecule has 3 rings (SSSR count). The van der Waals surface area contributed by atoms with Crippen LogP contribution in [0.5, 0.6) is 5.75 Å². The lowest BCUT2D eigenvalue weighted by atomic mass is 10.2. The van der Waals surface area contributed by atoms with Crippen molar-refractivity contribution < 1.29 is 18.7 Å². The van der Waals surface area contributed by atoms with Crippen molar-refractivity contribution in [2.24, 2.45) is 0 Å². The second-order valence-corrected chi connectivity index (χ2v) is 8.09. The molecule has 1 saturated heterocycles. The summed E-state index contributed by atoms with van der Waals surface area (Å²) in [6.45, 7) is 6.41. The fourth-order valence-electron chi connectivity index (χ4n) is 3.08. The molecule has 8 heteroatoms. The molecule has 1 aliphatic heterocycles. The maximum Gasteiger partial charge on any atom is 0.315 e. The smallest absolute Gasteiger partial charge is 0.315 e. The van der Waals surface area contributed by atoms with Gasteiger partial charge in [-0.15, -0.1) is 11.8 Å². The third-order valence-corrected chi connectivity index (χ3v) is 5.85. The van der Waals surface area contributed by atoms with Gasteiger partial charge in [-0.2, -0.15) is 4.98 Å². The average molecular weight is 420 g/mol. The zero-order valence-electron chi connectivity index (χ0n) is 17.3. The molecule has 0 atom stereocenters. The quantitative estimate of drug-likeness (QED) is 0.575. The van der Waals surface area contributed by atoms with Crippen LogP contribution in [-0.2, 0) is 21.7 Å². The summed E-state index contributed by atoms with van der Waals surface area (Å²) in [5, 5.41) is 0. The fraction of sp³-hybridized carbons (Fsp3) is 0.524. The lowest BCUT2D eigenvalue weighted by molar-refractivity contribution is -0.137. The molecule has 29 heavy (non-hydrogen) atoms. The first-order valence-corrected chi connectivity index (χ1v) is 11.0. The predicted molar refractivity (Wildman–Crippen MR) is 115 cm³/mol. The van der Waals surface area contributed by atoms with E-state index in [9.17, 15) is 4.79 Å². The van der Waals surface area contributed by atoms with E-state index in [0.717, 1.165) is 60.7 Å². The van der Waals surface area contributed by atoms with Crippen LogP contribution in [0.15, 0.2) is 28.7 Å². The number of hydrogen-bond acceptors (Lipinski definition) is 8. The molecular weight excluding hydrogens is 390 g/mol. The number of esters is 1. The molecule has 1 aromatic carbocycles. The van der Waals surface area contributed by atoms with Crippen molar-refractivity contribution in [2.75, 3.05) is 57.6 Å². The molecule has 0 saturated carbocycles. The van der Waals surface area contributed by atoms with E-state index < -0.39 is 0 Å². The highest BCUT2D eigenvalue weighted by atomic mass is 32.2. The fourth-order valence-corrected chi connectivity index (χ4v) is 3.88. The minimum Gasteiger partial charge on any atom is -0.493 e. The van der Waals surface area contributed by atoms with Crippen molar-refractivity contribution in [1.82, 2.24) is 9.88 Å². The Bertz CT molecular complexity index is 803. The monoisotopic (exact) mass is 419 g/mol. The molecule has 0 radical (unpaired) electrons. The third-order valence-electron chi connectivity index (χ3n) is 4.88. The number of aryl methyl sites for hydroxylation is 1. The van der Waals surface area contributed by atoms with Crippen LogP contribution in [0, 0.1) is 6.92 Å². The zero-order valence-corrected chi connectivity index (χ0v) is 18.2. The number of rotatable bonds is 9. The van der Waals surface area contributed by atoms with Crippen LogP contribution >= 0.6 is 11.8 Å². The van der Waals surface area contributed by atoms with E-state index in [1.807, 2.05) is 31.2 Å². The molecule has 1 fully saturated rings. The van der Waals surface area contributed by atoms with E-state index in [-0.39, 0.29) is 5.97 Å². The van der Waals surface area contributed by atoms with E-state index in [0.29, 0.717) is 18.8 Å². The molecule has 2 aromatic rings. The predicted octanol–water partition coefficient (Wildman–Crippen LogP) is 2.76. The largest absolute Gasteiger partial charge is 0.493 e. The summed E-state index contributed by atoms with van der Waals surface area (Å²) in [6.07, 6.45) is 0.699. The molecule has 0 spiro atoms. The van der Waals surface area contributed by atoms with Gasteiger partial charge in [0.1, 0.15) is 11.5 Å². The lowest BCUT2D eigenvalue weighted by Gasteiger charge is -2.31. The number of benzene rings is 1. The Balaban J connectivity index is 1.47. The molecule has 1 aliphatic rings. The van der Waals surface area contributed by atoms with Gasteiger partial charge in [0, 0.05) is 38.4 Å². The number of thioether (sulfide) groups is 1. The van der Waals surface area contributed by atoms with Gasteiger partial charge in [-0.1, -0.05) is 12.1 Å². The van der Waals surface area contributed by atoms with Gasteiger partial charge in [0.15, 0.2) is 0 Å². The van der Waals surface area contributed by atoms with Gasteiger partial charge in [0.05, 0.1) is 25.2 Å². The van der Waals surface area contributed by atoms with Crippen molar-refractivity contribution in [3.8, 4) is 5.75 Å². The molecule has 0 aliphatic carbocycles. The Morgan fingerprint density at radius 1 is 1.28 bits per heavy atom. The summed E-state index contributed by atoms with van der Waals surface area (Å²) in [4.78, 5) is 20.4. The topological polar surface area (TPSA) is 68.0 Å². The molecule has 2 heterocycles. The maximum absolute atomic E-state index is 11.2. The second kappa shape index (κ2) is 10.5. The Morgan fingerprint density at radius 3 is 2.83 bits per heavy atom. The van der Waals surface area contributed by atoms with Crippen molar-refractivity contribution in [3.05, 3.63) is 41.3 Å². The van der Waals surface area contributed by atoms with Gasteiger partial charge in [0.2, 0.25) is 0 Å². The first kappa shape index (κ1) is 21.5. The summed E-state index contributed by atoms with van der Waals surface area (Å²) in [6, 6.07) is 8.67. The number of methoxy groups -OCH3 is 1. The van der Waals surface area contributed by atoms with Gasteiger partial charge >= 0.3 is 5.97 Å². The van der Waals surface area contributed by atoms with Gasteiger partial charge in [-0.25, -0.2) is 0 Å². The Labute approximate surface area is 176 Å². The van der Waals surface area contributed by atoms with Gasteiger partial charge < -0.3 is 23.7 Å².